The van der Waals surface area contributed by atoms with Crippen LogP contribution < -0.4 is 10.6 Å². The van der Waals surface area contributed by atoms with Crippen molar-refractivity contribution in [1.82, 2.24) is 10.6 Å². The Bertz CT molecular complexity index is 365. The zero-order valence-corrected chi connectivity index (χ0v) is 12.1. The molecule has 0 radical (unpaired) electrons. The molecule has 4 atom stereocenters. The molecule has 1 saturated heterocycles. The fourth-order valence-electron chi connectivity index (χ4n) is 5.06. The third-order valence-corrected chi connectivity index (χ3v) is 6.03. The van der Waals surface area contributed by atoms with Crippen LogP contribution in [0.2, 0.25) is 0 Å². The minimum Gasteiger partial charge on any atom is -0.378 e. The maximum atomic E-state index is 12.0. The molecule has 0 aromatic carbocycles. The predicted molar refractivity (Wildman–Crippen MR) is 76.2 cm³/mol. The van der Waals surface area contributed by atoms with Gasteiger partial charge in [0.1, 0.15) is 0 Å². The summed E-state index contributed by atoms with van der Waals surface area (Å²) in [4.78, 5) is 12.0. The van der Waals surface area contributed by atoms with E-state index in [0.29, 0.717) is 25.2 Å². The van der Waals surface area contributed by atoms with E-state index in [1.807, 2.05) is 0 Å². The van der Waals surface area contributed by atoms with Gasteiger partial charge in [0.2, 0.25) is 5.91 Å². The van der Waals surface area contributed by atoms with Gasteiger partial charge in [-0.1, -0.05) is 0 Å². The van der Waals surface area contributed by atoms with E-state index in [4.69, 9.17) is 4.74 Å². The third kappa shape index (κ3) is 2.37. The highest BCUT2D eigenvalue weighted by molar-refractivity contribution is 5.77. The van der Waals surface area contributed by atoms with Gasteiger partial charge in [-0.3, -0.25) is 4.79 Å². The normalized spacial score (nSPS) is 42.5. The molecule has 4 fully saturated rings. The number of amides is 1. The van der Waals surface area contributed by atoms with Crippen LogP contribution in [-0.2, 0) is 9.53 Å². The van der Waals surface area contributed by atoms with Crippen molar-refractivity contribution in [2.75, 3.05) is 19.7 Å². The molecule has 2 N–H and O–H groups in total. The molecule has 3 aliphatic carbocycles. The molecule has 20 heavy (non-hydrogen) atoms. The van der Waals surface area contributed by atoms with Gasteiger partial charge in [0, 0.05) is 12.5 Å². The molecule has 4 unspecified atom stereocenters. The van der Waals surface area contributed by atoms with Gasteiger partial charge in [0.05, 0.1) is 12.7 Å². The summed E-state index contributed by atoms with van der Waals surface area (Å²) in [6.45, 7) is 2.68. The number of hydrogen-bond donors (Lipinski definition) is 2. The number of rotatable bonds is 5. The van der Waals surface area contributed by atoms with Crippen molar-refractivity contribution in [3.05, 3.63) is 0 Å². The molecule has 1 amide bonds. The highest BCUT2D eigenvalue weighted by Crippen LogP contribution is 2.65. The Morgan fingerprint density at radius 3 is 2.50 bits per heavy atom. The summed E-state index contributed by atoms with van der Waals surface area (Å²) in [5.41, 5.74) is 0. The average molecular weight is 278 g/mol. The number of carbonyl (C=O) groups is 1. The second-order valence-corrected chi connectivity index (χ2v) is 7.15. The fourth-order valence-corrected chi connectivity index (χ4v) is 5.06. The smallest absolute Gasteiger partial charge is 0.222 e. The summed E-state index contributed by atoms with van der Waals surface area (Å²) in [6.07, 6.45) is 7.33. The predicted octanol–water partition coefficient (Wildman–Crippen LogP) is 1.31. The summed E-state index contributed by atoms with van der Waals surface area (Å²) < 4.78 is 5.80. The van der Waals surface area contributed by atoms with E-state index in [0.717, 1.165) is 49.6 Å². The SMILES string of the molecule is O=C(CCOC1CCNCC1)NC1C2C3CCC(C3)C12. The van der Waals surface area contributed by atoms with Gasteiger partial charge in [-0.25, -0.2) is 0 Å². The first-order chi connectivity index (χ1) is 9.83. The minimum atomic E-state index is 0.206. The van der Waals surface area contributed by atoms with E-state index in [2.05, 4.69) is 10.6 Å². The molecule has 112 valence electrons. The molecule has 2 bridgehead atoms. The van der Waals surface area contributed by atoms with Crippen molar-refractivity contribution in [3.63, 3.8) is 0 Å². The Balaban J connectivity index is 1.15. The lowest BCUT2D eigenvalue weighted by atomic mass is 10.0. The van der Waals surface area contributed by atoms with Gasteiger partial charge in [0.25, 0.3) is 0 Å². The number of carbonyl (C=O) groups excluding carboxylic acids is 1. The quantitative estimate of drug-likeness (QED) is 0.797. The molecule has 4 rings (SSSR count). The van der Waals surface area contributed by atoms with Crippen LogP contribution in [0.4, 0.5) is 0 Å². The molecule has 1 heterocycles. The van der Waals surface area contributed by atoms with Gasteiger partial charge >= 0.3 is 0 Å². The van der Waals surface area contributed by atoms with Crippen molar-refractivity contribution >= 4 is 5.91 Å². The molecule has 0 spiro atoms. The second kappa shape index (κ2) is 5.30. The number of fused-ring (bicyclic) bond motifs is 5. The molecule has 4 heteroatoms. The van der Waals surface area contributed by atoms with Crippen molar-refractivity contribution in [3.8, 4) is 0 Å². The van der Waals surface area contributed by atoms with E-state index >= 15 is 0 Å². The number of hydrogen-bond acceptors (Lipinski definition) is 3. The minimum absolute atomic E-state index is 0.206. The van der Waals surface area contributed by atoms with Crippen LogP contribution >= 0.6 is 0 Å². The maximum Gasteiger partial charge on any atom is 0.222 e. The van der Waals surface area contributed by atoms with Crippen LogP contribution in [0.1, 0.15) is 38.5 Å². The zero-order chi connectivity index (χ0) is 13.5. The monoisotopic (exact) mass is 278 g/mol. The Morgan fingerprint density at radius 2 is 1.80 bits per heavy atom. The van der Waals surface area contributed by atoms with Gasteiger partial charge in [-0.05, 0) is 68.9 Å². The van der Waals surface area contributed by atoms with Crippen molar-refractivity contribution in [1.29, 1.82) is 0 Å². The van der Waals surface area contributed by atoms with Gasteiger partial charge in [-0.2, -0.15) is 0 Å². The van der Waals surface area contributed by atoms with Gasteiger partial charge in [0.15, 0.2) is 0 Å². The van der Waals surface area contributed by atoms with Gasteiger partial charge < -0.3 is 15.4 Å². The first kappa shape index (κ1) is 13.1. The molecule has 0 aromatic rings. The van der Waals surface area contributed by atoms with Crippen molar-refractivity contribution in [2.24, 2.45) is 23.7 Å². The van der Waals surface area contributed by atoms with E-state index in [9.17, 15) is 4.79 Å². The van der Waals surface area contributed by atoms with Crippen LogP contribution in [-0.4, -0.2) is 37.7 Å². The van der Waals surface area contributed by atoms with Crippen LogP contribution in [0, 0.1) is 23.7 Å². The standard InChI is InChI=1S/C16H26N2O2/c19-13(5-8-20-12-3-6-17-7-4-12)18-16-14-10-1-2-11(9-10)15(14)16/h10-12,14-17H,1-9H2,(H,18,19). The van der Waals surface area contributed by atoms with Crippen LogP contribution in [0.15, 0.2) is 0 Å². The highest BCUT2D eigenvalue weighted by Gasteiger charge is 2.65. The lowest BCUT2D eigenvalue weighted by Gasteiger charge is -2.22. The first-order valence-corrected chi connectivity index (χ1v) is 8.44. The molecule has 1 aliphatic heterocycles. The summed E-state index contributed by atoms with van der Waals surface area (Å²) >= 11 is 0. The van der Waals surface area contributed by atoms with Crippen LogP contribution in [0.5, 0.6) is 0 Å². The maximum absolute atomic E-state index is 12.0. The molecular formula is C16H26N2O2. The largest absolute Gasteiger partial charge is 0.378 e. The van der Waals surface area contributed by atoms with Crippen LogP contribution in [0.3, 0.4) is 0 Å². The second-order valence-electron chi connectivity index (χ2n) is 7.15. The molecule has 4 nitrogen and oxygen atoms in total. The highest BCUT2D eigenvalue weighted by atomic mass is 16.5. The Morgan fingerprint density at radius 1 is 1.10 bits per heavy atom. The summed E-state index contributed by atoms with van der Waals surface area (Å²) in [5, 5.41) is 6.59. The average Bonchev–Trinajstić information content (AvgIpc) is 2.85. The molecule has 3 saturated carbocycles. The topological polar surface area (TPSA) is 50.4 Å². The molecule has 4 aliphatic rings. The zero-order valence-electron chi connectivity index (χ0n) is 12.1. The Hall–Kier alpha value is -0.610. The van der Waals surface area contributed by atoms with Crippen LogP contribution in [0.25, 0.3) is 0 Å². The fraction of sp³-hybridized carbons (Fsp3) is 0.938. The van der Waals surface area contributed by atoms with E-state index < -0.39 is 0 Å². The number of piperidine rings is 1. The molecule has 0 aromatic heterocycles. The lowest BCUT2D eigenvalue weighted by molar-refractivity contribution is -0.123. The van der Waals surface area contributed by atoms with E-state index in [-0.39, 0.29) is 5.91 Å². The van der Waals surface area contributed by atoms with Gasteiger partial charge in [-0.15, -0.1) is 0 Å². The van der Waals surface area contributed by atoms with Crippen molar-refractivity contribution < 1.29 is 9.53 Å². The summed E-state index contributed by atoms with van der Waals surface area (Å²) in [5.74, 6) is 3.74. The Kier molecular flexibility index (Phi) is 3.47. The van der Waals surface area contributed by atoms with Crippen molar-refractivity contribution in [2.45, 2.75) is 50.7 Å². The number of nitrogens with one attached hydrogen (secondary N) is 2. The van der Waals surface area contributed by atoms with E-state index in [1.54, 1.807) is 0 Å². The first-order valence-electron chi connectivity index (χ1n) is 8.44. The molecular weight excluding hydrogens is 252 g/mol. The lowest BCUT2D eigenvalue weighted by Crippen LogP contribution is -2.34. The summed E-state index contributed by atoms with van der Waals surface area (Å²) in [7, 11) is 0. The Labute approximate surface area is 121 Å². The number of ether oxygens (including phenoxy) is 1. The van der Waals surface area contributed by atoms with E-state index in [1.165, 1.54) is 19.3 Å². The summed E-state index contributed by atoms with van der Waals surface area (Å²) in [6, 6.07) is 0.521. The third-order valence-electron chi connectivity index (χ3n) is 6.03.